The maximum Gasteiger partial charge on any atom is 0.263 e. The molecule has 4 rings (SSSR count). The number of hydrogen-bond acceptors (Lipinski definition) is 6. The molecule has 1 atom stereocenters. The highest BCUT2D eigenvalue weighted by Gasteiger charge is 2.23. The second-order valence-corrected chi connectivity index (χ2v) is 9.62. The lowest BCUT2D eigenvalue weighted by Crippen LogP contribution is -2.47. The van der Waals surface area contributed by atoms with Crippen LogP contribution in [0.15, 0.2) is 71.1 Å². The molecule has 1 N–H and O–H groups in total. The van der Waals surface area contributed by atoms with Crippen molar-refractivity contribution in [3.63, 3.8) is 0 Å². The molecule has 154 valence electrons. The molecule has 0 spiro atoms. The summed E-state index contributed by atoms with van der Waals surface area (Å²) in [4.78, 5) is 9.01. The Kier molecular flexibility index (Phi) is 5.84. The zero-order valence-electron chi connectivity index (χ0n) is 16.2. The van der Waals surface area contributed by atoms with Crippen LogP contribution in [-0.2, 0) is 10.0 Å². The molecule has 0 radical (unpaired) electrons. The van der Waals surface area contributed by atoms with E-state index in [9.17, 15) is 8.42 Å². The van der Waals surface area contributed by atoms with E-state index in [1.54, 1.807) is 23.7 Å². The monoisotopic (exact) mass is 430 g/mol. The molecule has 1 aliphatic heterocycles. The lowest BCUT2D eigenvalue weighted by molar-refractivity contribution is 0.198. The Morgan fingerprint density at radius 2 is 1.72 bits per heavy atom. The van der Waals surface area contributed by atoms with Crippen molar-refractivity contribution in [2.45, 2.75) is 17.9 Å². The van der Waals surface area contributed by atoms with Crippen LogP contribution in [0.25, 0.3) is 0 Å². The SMILES string of the molecule is C[C@@H](c1ccccc1)N1CCN(c2ccc(S(=O)(=O)Nc3nccs3)cc2)CC1.[HH]. The highest BCUT2D eigenvalue weighted by atomic mass is 32.2. The molecule has 2 heterocycles. The maximum atomic E-state index is 12.5. The van der Waals surface area contributed by atoms with Crippen molar-refractivity contribution in [1.82, 2.24) is 9.88 Å². The molecule has 6 nitrogen and oxygen atoms in total. The van der Waals surface area contributed by atoms with Crippen LogP contribution < -0.4 is 9.62 Å². The fourth-order valence-electron chi connectivity index (χ4n) is 3.59. The summed E-state index contributed by atoms with van der Waals surface area (Å²) in [5.74, 6) is 0. The van der Waals surface area contributed by atoms with Crippen molar-refractivity contribution < 1.29 is 9.84 Å². The number of nitrogens with zero attached hydrogens (tertiary/aromatic N) is 3. The van der Waals surface area contributed by atoms with Crippen molar-refractivity contribution >= 4 is 32.2 Å². The minimum Gasteiger partial charge on any atom is -0.369 e. The number of hydrogen-bond donors (Lipinski definition) is 1. The van der Waals surface area contributed by atoms with E-state index in [-0.39, 0.29) is 6.32 Å². The van der Waals surface area contributed by atoms with Gasteiger partial charge in [0.1, 0.15) is 0 Å². The standard InChI is InChI=1S/C21H24N4O2S2.H2/c1-17(18-5-3-2-4-6-18)24-12-14-25(15-13-24)19-7-9-20(10-8-19)29(26,27)23-21-22-11-16-28-21;/h2-11,16-17H,12-15H2,1H3,(H,22,23);1H/t17-;/m0./s1. The number of nitrogens with one attached hydrogen (secondary N) is 1. The van der Waals surface area contributed by atoms with Crippen LogP contribution >= 0.6 is 11.3 Å². The molecule has 1 aliphatic rings. The van der Waals surface area contributed by atoms with Crippen molar-refractivity contribution in [3.8, 4) is 0 Å². The topological polar surface area (TPSA) is 65.5 Å². The Morgan fingerprint density at radius 1 is 1.03 bits per heavy atom. The summed E-state index contributed by atoms with van der Waals surface area (Å²) in [6.07, 6.45) is 1.57. The van der Waals surface area contributed by atoms with Crippen LogP contribution in [0.3, 0.4) is 0 Å². The molecule has 1 aromatic heterocycles. The van der Waals surface area contributed by atoms with Crippen LogP contribution in [0.5, 0.6) is 0 Å². The van der Waals surface area contributed by atoms with E-state index in [0.29, 0.717) is 11.2 Å². The minimum absolute atomic E-state index is 0. The number of piperazine rings is 1. The molecule has 3 aromatic rings. The minimum atomic E-state index is -3.61. The van der Waals surface area contributed by atoms with Gasteiger partial charge in [0.05, 0.1) is 4.90 Å². The van der Waals surface area contributed by atoms with Gasteiger partial charge in [0.2, 0.25) is 0 Å². The van der Waals surface area contributed by atoms with Gasteiger partial charge in [-0.05, 0) is 36.8 Å². The van der Waals surface area contributed by atoms with Crippen LogP contribution in [0.4, 0.5) is 10.8 Å². The number of anilines is 2. The maximum absolute atomic E-state index is 12.5. The molecular weight excluding hydrogens is 404 g/mol. The first-order valence-electron chi connectivity index (χ1n) is 9.59. The lowest BCUT2D eigenvalue weighted by atomic mass is 10.1. The Labute approximate surface area is 177 Å². The molecular formula is C21H26N4O2S2. The number of rotatable bonds is 6. The summed E-state index contributed by atoms with van der Waals surface area (Å²) < 4.78 is 27.5. The summed E-state index contributed by atoms with van der Waals surface area (Å²) >= 11 is 1.26. The van der Waals surface area contributed by atoms with Gasteiger partial charge in [-0.1, -0.05) is 30.3 Å². The molecule has 0 amide bonds. The molecule has 29 heavy (non-hydrogen) atoms. The fourth-order valence-corrected chi connectivity index (χ4v) is 5.38. The second kappa shape index (κ2) is 8.52. The first kappa shape index (κ1) is 19.9. The average molecular weight is 431 g/mol. The lowest BCUT2D eigenvalue weighted by Gasteiger charge is -2.39. The zero-order chi connectivity index (χ0) is 20.3. The van der Waals surface area contributed by atoms with E-state index >= 15 is 0 Å². The Bertz CT molecular complexity index is 1020. The summed E-state index contributed by atoms with van der Waals surface area (Å²) in [5, 5.41) is 2.11. The number of thiazole rings is 1. The molecule has 2 aromatic carbocycles. The third-order valence-corrected chi connectivity index (χ3v) is 7.48. The van der Waals surface area contributed by atoms with E-state index in [1.807, 2.05) is 18.2 Å². The summed E-state index contributed by atoms with van der Waals surface area (Å²) in [6.45, 7) is 6.03. The number of sulfonamides is 1. The van der Waals surface area contributed by atoms with E-state index in [0.717, 1.165) is 31.9 Å². The second-order valence-electron chi connectivity index (χ2n) is 7.05. The van der Waals surface area contributed by atoms with Crippen LogP contribution in [-0.4, -0.2) is 44.5 Å². The van der Waals surface area contributed by atoms with Gasteiger partial charge in [-0.25, -0.2) is 13.4 Å². The predicted octanol–water partition coefficient (Wildman–Crippen LogP) is 4.07. The summed E-state index contributed by atoms with van der Waals surface area (Å²) in [7, 11) is -3.61. The summed E-state index contributed by atoms with van der Waals surface area (Å²) in [5.41, 5.74) is 2.38. The van der Waals surface area contributed by atoms with E-state index in [2.05, 4.69) is 50.7 Å². The van der Waals surface area contributed by atoms with Crippen molar-refractivity contribution in [1.29, 1.82) is 0 Å². The zero-order valence-corrected chi connectivity index (χ0v) is 17.9. The number of aromatic nitrogens is 1. The highest BCUT2D eigenvalue weighted by molar-refractivity contribution is 7.93. The quantitative estimate of drug-likeness (QED) is 0.639. The van der Waals surface area contributed by atoms with Gasteiger partial charge in [-0.2, -0.15) is 0 Å². The van der Waals surface area contributed by atoms with E-state index in [1.165, 1.54) is 16.9 Å². The Hall–Kier alpha value is -2.42. The van der Waals surface area contributed by atoms with E-state index < -0.39 is 10.0 Å². The first-order valence-corrected chi connectivity index (χ1v) is 12.0. The molecule has 0 unspecified atom stereocenters. The molecule has 1 saturated heterocycles. The van der Waals surface area contributed by atoms with Crippen LogP contribution in [0.1, 0.15) is 20.0 Å². The van der Waals surface area contributed by atoms with Gasteiger partial charge in [-0.3, -0.25) is 9.62 Å². The molecule has 1 fully saturated rings. The first-order chi connectivity index (χ1) is 14.0. The van der Waals surface area contributed by atoms with Crippen molar-refractivity contribution in [2.24, 2.45) is 0 Å². The predicted molar refractivity (Wildman–Crippen MR) is 120 cm³/mol. The molecule has 0 bridgehead atoms. The van der Waals surface area contributed by atoms with Gasteiger partial charge in [0.15, 0.2) is 5.13 Å². The van der Waals surface area contributed by atoms with Gasteiger partial charge in [-0.15, -0.1) is 11.3 Å². The van der Waals surface area contributed by atoms with Gasteiger partial charge < -0.3 is 4.90 Å². The average Bonchev–Trinajstić information content (AvgIpc) is 3.26. The van der Waals surface area contributed by atoms with E-state index in [4.69, 9.17) is 0 Å². The van der Waals surface area contributed by atoms with Gasteiger partial charge in [0.25, 0.3) is 10.0 Å². The van der Waals surface area contributed by atoms with Crippen LogP contribution in [0, 0.1) is 0 Å². The van der Waals surface area contributed by atoms with Gasteiger partial charge >= 0.3 is 0 Å². The molecule has 8 heteroatoms. The fraction of sp³-hybridized carbons (Fsp3) is 0.286. The smallest absolute Gasteiger partial charge is 0.263 e. The van der Waals surface area contributed by atoms with Gasteiger partial charge in [0, 0.05) is 50.9 Å². The molecule has 0 aliphatic carbocycles. The highest BCUT2D eigenvalue weighted by Crippen LogP contribution is 2.25. The van der Waals surface area contributed by atoms with Crippen molar-refractivity contribution in [3.05, 3.63) is 71.7 Å². The van der Waals surface area contributed by atoms with Crippen molar-refractivity contribution in [2.75, 3.05) is 35.8 Å². The normalized spacial score (nSPS) is 16.5. The Balaban J connectivity index is 0.00000256. The largest absolute Gasteiger partial charge is 0.369 e. The number of benzene rings is 2. The summed E-state index contributed by atoms with van der Waals surface area (Å²) in [6, 6.07) is 18.0. The Morgan fingerprint density at radius 3 is 2.34 bits per heavy atom. The van der Waals surface area contributed by atoms with Crippen LogP contribution in [0.2, 0.25) is 0 Å². The third kappa shape index (κ3) is 4.60. The third-order valence-electron chi connectivity index (χ3n) is 5.31. The molecule has 0 saturated carbocycles.